The number of carbonyl (C=O) groups excluding carboxylic acids is 1. The van der Waals surface area contributed by atoms with Crippen LogP contribution < -0.4 is 5.32 Å². The summed E-state index contributed by atoms with van der Waals surface area (Å²) in [6.45, 7) is 5.57. The van der Waals surface area contributed by atoms with E-state index in [-0.39, 0.29) is 23.7 Å². The van der Waals surface area contributed by atoms with Crippen molar-refractivity contribution in [3.63, 3.8) is 0 Å². The minimum atomic E-state index is -0.918. The van der Waals surface area contributed by atoms with Crippen LogP contribution in [0.2, 0.25) is 0 Å². The van der Waals surface area contributed by atoms with Crippen molar-refractivity contribution in [3.8, 4) is 5.69 Å². The lowest BCUT2D eigenvalue weighted by Crippen LogP contribution is -2.48. The quantitative estimate of drug-likeness (QED) is 0.345. The zero-order chi connectivity index (χ0) is 27.8. The molecule has 7 heteroatoms. The predicted molar refractivity (Wildman–Crippen MR) is 150 cm³/mol. The van der Waals surface area contributed by atoms with Gasteiger partial charge in [-0.25, -0.2) is 9.07 Å². The topological polar surface area (TPSA) is 87.4 Å². The van der Waals surface area contributed by atoms with E-state index in [1.807, 2.05) is 29.1 Å². The fourth-order valence-electron chi connectivity index (χ4n) is 6.56. The maximum absolute atomic E-state index is 13.5. The minimum absolute atomic E-state index is 0.158. The number of hydrogen-bond acceptors (Lipinski definition) is 4. The summed E-state index contributed by atoms with van der Waals surface area (Å²) in [6, 6.07) is 13.9. The van der Waals surface area contributed by atoms with Crippen molar-refractivity contribution in [2.75, 3.05) is 6.61 Å². The van der Waals surface area contributed by atoms with E-state index in [1.54, 1.807) is 32.0 Å². The number of aromatic nitrogens is 2. The van der Waals surface area contributed by atoms with Gasteiger partial charge in [-0.3, -0.25) is 4.79 Å². The number of hydrogen-bond donors (Lipinski definition) is 3. The molecule has 0 saturated heterocycles. The van der Waals surface area contributed by atoms with Gasteiger partial charge in [0.25, 0.3) is 5.91 Å². The maximum atomic E-state index is 13.5. The van der Waals surface area contributed by atoms with Crippen molar-refractivity contribution in [2.24, 2.45) is 5.41 Å². The highest BCUT2D eigenvalue weighted by molar-refractivity contribution is 5.96. The maximum Gasteiger partial charge on any atom is 0.252 e. The van der Waals surface area contributed by atoms with Crippen molar-refractivity contribution in [1.29, 1.82) is 0 Å². The summed E-state index contributed by atoms with van der Waals surface area (Å²) in [5.41, 5.74) is 3.58. The average molecular weight is 532 g/mol. The molecule has 1 amide bonds. The van der Waals surface area contributed by atoms with Gasteiger partial charge in [0.05, 0.1) is 35.3 Å². The van der Waals surface area contributed by atoms with Crippen LogP contribution in [0.15, 0.2) is 60.3 Å². The molecule has 1 aromatic heterocycles. The number of benzene rings is 2. The van der Waals surface area contributed by atoms with Crippen LogP contribution in [0.1, 0.15) is 80.1 Å². The molecule has 3 N–H and O–H groups in total. The normalized spacial score (nSPS) is 22.3. The Kier molecular flexibility index (Phi) is 7.25. The van der Waals surface area contributed by atoms with Crippen LogP contribution in [0.3, 0.4) is 0 Å². The summed E-state index contributed by atoms with van der Waals surface area (Å²) in [5, 5.41) is 29.5. The Morgan fingerprint density at radius 2 is 1.90 bits per heavy atom. The molecule has 6 nitrogen and oxygen atoms in total. The SMILES string of the molecule is CCCC12Cc3cnn(-c4ccc(F)cc4)c3C=C1CC[C@@]2(O)CCc1ccccc1C(=O)NC(C)(C)CO. The molecule has 0 aliphatic heterocycles. The molecule has 2 aromatic carbocycles. The van der Waals surface area contributed by atoms with Crippen LogP contribution in [-0.4, -0.2) is 43.6 Å². The third-order valence-corrected chi connectivity index (χ3v) is 8.67. The number of fused-ring (bicyclic) bond motifs is 2. The first-order valence-corrected chi connectivity index (χ1v) is 13.9. The van der Waals surface area contributed by atoms with E-state index >= 15 is 0 Å². The van der Waals surface area contributed by atoms with Gasteiger partial charge >= 0.3 is 0 Å². The van der Waals surface area contributed by atoms with Crippen molar-refractivity contribution in [2.45, 2.75) is 76.9 Å². The summed E-state index contributed by atoms with van der Waals surface area (Å²) < 4.78 is 15.4. The van der Waals surface area contributed by atoms with E-state index in [4.69, 9.17) is 0 Å². The van der Waals surface area contributed by atoms with E-state index in [9.17, 15) is 19.4 Å². The number of aliphatic hydroxyl groups is 2. The molecule has 1 fully saturated rings. The van der Waals surface area contributed by atoms with Gasteiger partial charge in [0, 0.05) is 11.0 Å². The Balaban J connectivity index is 1.43. The van der Waals surface area contributed by atoms with Crippen LogP contribution in [-0.2, 0) is 12.8 Å². The lowest BCUT2D eigenvalue weighted by Gasteiger charge is -2.45. The van der Waals surface area contributed by atoms with Gasteiger partial charge in [-0.2, -0.15) is 5.10 Å². The van der Waals surface area contributed by atoms with Crippen molar-refractivity contribution in [1.82, 2.24) is 15.1 Å². The molecular weight excluding hydrogens is 493 g/mol. The second-order valence-corrected chi connectivity index (χ2v) is 11.8. The standard InChI is InChI=1S/C32H38FN3O3/c1-4-15-31-19-23-20-34-36(26-11-9-25(33)10-12-26)28(23)18-24(31)14-17-32(31,39)16-13-22-7-5-6-8-27(22)29(38)35-30(2,3)21-37/h5-12,18,20,37,39H,4,13-17,19,21H2,1-3H3,(H,35,38)/t31?,32-/m0/s1. The lowest BCUT2D eigenvalue weighted by atomic mass is 9.62. The van der Waals surface area contributed by atoms with Crippen LogP contribution >= 0.6 is 0 Å². The van der Waals surface area contributed by atoms with Gasteiger partial charge in [-0.15, -0.1) is 0 Å². The smallest absolute Gasteiger partial charge is 0.252 e. The van der Waals surface area contributed by atoms with Gasteiger partial charge in [-0.1, -0.05) is 37.1 Å². The predicted octanol–water partition coefficient (Wildman–Crippen LogP) is 5.40. The van der Waals surface area contributed by atoms with Crippen molar-refractivity contribution in [3.05, 3.63) is 88.5 Å². The van der Waals surface area contributed by atoms with E-state index in [0.717, 1.165) is 41.8 Å². The highest BCUT2D eigenvalue weighted by Gasteiger charge is 2.57. The van der Waals surface area contributed by atoms with Crippen molar-refractivity contribution < 1.29 is 19.4 Å². The lowest BCUT2D eigenvalue weighted by molar-refractivity contribution is -0.0593. The second-order valence-electron chi connectivity index (χ2n) is 11.8. The van der Waals surface area contributed by atoms with Gasteiger partial charge in [0.1, 0.15) is 5.82 Å². The van der Waals surface area contributed by atoms with Crippen LogP contribution in [0, 0.1) is 11.2 Å². The first-order chi connectivity index (χ1) is 18.6. The summed E-state index contributed by atoms with van der Waals surface area (Å²) in [5.74, 6) is -0.500. The number of halogens is 1. The van der Waals surface area contributed by atoms with Gasteiger partial charge in [-0.05, 0) is 99.9 Å². The average Bonchev–Trinajstić information content (AvgIpc) is 3.45. The molecule has 39 heavy (non-hydrogen) atoms. The molecule has 2 aliphatic rings. The van der Waals surface area contributed by atoms with E-state index in [0.29, 0.717) is 31.2 Å². The summed E-state index contributed by atoms with van der Waals surface area (Å²) >= 11 is 0. The zero-order valence-electron chi connectivity index (χ0n) is 23.0. The molecule has 2 aliphatic carbocycles. The third-order valence-electron chi connectivity index (χ3n) is 8.67. The second kappa shape index (κ2) is 10.4. The number of nitrogens with one attached hydrogen (secondary N) is 1. The van der Waals surface area contributed by atoms with Gasteiger partial charge in [0.15, 0.2) is 0 Å². The fourth-order valence-corrected chi connectivity index (χ4v) is 6.56. The number of nitrogens with zero attached hydrogens (tertiary/aromatic N) is 2. The minimum Gasteiger partial charge on any atom is -0.394 e. The highest BCUT2D eigenvalue weighted by atomic mass is 19.1. The highest BCUT2D eigenvalue weighted by Crippen LogP contribution is 2.59. The largest absolute Gasteiger partial charge is 0.394 e. The molecule has 0 radical (unpaired) electrons. The van der Waals surface area contributed by atoms with Crippen molar-refractivity contribution >= 4 is 12.0 Å². The Hall–Kier alpha value is -3.29. The number of aryl methyl sites for hydroxylation is 1. The van der Waals surface area contributed by atoms with Crippen LogP contribution in [0.4, 0.5) is 4.39 Å². The summed E-state index contributed by atoms with van der Waals surface area (Å²) in [7, 11) is 0. The third kappa shape index (κ3) is 4.94. The Bertz CT molecular complexity index is 1390. The molecule has 3 aromatic rings. The molecule has 0 bridgehead atoms. The first-order valence-electron chi connectivity index (χ1n) is 13.9. The summed E-state index contributed by atoms with van der Waals surface area (Å²) in [6.07, 6.45) is 9.16. The zero-order valence-corrected chi connectivity index (χ0v) is 23.0. The van der Waals surface area contributed by atoms with Crippen LogP contribution in [0.5, 0.6) is 0 Å². The molecule has 1 unspecified atom stereocenters. The van der Waals surface area contributed by atoms with E-state index in [2.05, 4.69) is 23.4 Å². The van der Waals surface area contributed by atoms with E-state index in [1.165, 1.54) is 17.7 Å². The monoisotopic (exact) mass is 531 g/mol. The van der Waals surface area contributed by atoms with Crippen LogP contribution in [0.25, 0.3) is 11.8 Å². The molecule has 1 saturated carbocycles. The molecule has 0 spiro atoms. The van der Waals surface area contributed by atoms with Gasteiger partial charge in [0.2, 0.25) is 0 Å². The summed E-state index contributed by atoms with van der Waals surface area (Å²) in [4.78, 5) is 13.1. The van der Waals surface area contributed by atoms with E-state index < -0.39 is 11.1 Å². The molecule has 5 rings (SSSR count). The molecule has 206 valence electrons. The van der Waals surface area contributed by atoms with Gasteiger partial charge < -0.3 is 15.5 Å². The molecule has 2 atom stereocenters. The molecule has 1 heterocycles. The number of rotatable bonds is 9. The molecular formula is C32H38FN3O3. The number of amides is 1. The first kappa shape index (κ1) is 27.3. The Morgan fingerprint density at radius 1 is 1.15 bits per heavy atom. The Morgan fingerprint density at radius 3 is 2.62 bits per heavy atom. The number of carbonyl (C=O) groups is 1. The fraction of sp³-hybridized carbons (Fsp3) is 0.438. The Labute approximate surface area is 229 Å². The number of aliphatic hydroxyl groups excluding tert-OH is 1.